The molecule has 1 atom stereocenters. The molecule has 1 aliphatic heterocycles. The summed E-state index contributed by atoms with van der Waals surface area (Å²) in [5, 5.41) is 0. The van der Waals surface area contributed by atoms with Crippen LogP contribution in [0.4, 0.5) is 0 Å². The number of nitrogens with two attached hydrogens (primary N) is 1. The van der Waals surface area contributed by atoms with E-state index in [9.17, 15) is 0 Å². The summed E-state index contributed by atoms with van der Waals surface area (Å²) >= 11 is 0. The molecule has 0 bridgehead atoms. The summed E-state index contributed by atoms with van der Waals surface area (Å²) in [4.78, 5) is 0. The maximum atomic E-state index is 5.89. The number of rotatable bonds is 6. The average Bonchev–Trinajstić information content (AvgIpc) is 2.65. The largest absolute Gasteiger partial charge is 0.496 e. The van der Waals surface area contributed by atoms with Crippen LogP contribution in [0, 0.1) is 0 Å². The van der Waals surface area contributed by atoms with Gasteiger partial charge in [-0.15, -0.1) is 0 Å². The quantitative estimate of drug-likeness (QED) is 0.637. The Labute approximate surface area is 79.9 Å². The fourth-order valence-electron chi connectivity index (χ4n) is 1.29. The molecule has 0 saturated heterocycles. The number of hydrogen-bond donors (Lipinski definition) is 1. The van der Waals surface area contributed by atoms with Crippen molar-refractivity contribution < 1.29 is 9.47 Å². The molecule has 1 rings (SSSR count). The van der Waals surface area contributed by atoms with Crippen LogP contribution in [0.2, 0.25) is 0 Å². The summed E-state index contributed by atoms with van der Waals surface area (Å²) in [7, 11) is 0. The number of ether oxygens (including phenoxy) is 2. The molecule has 2 N–H and O–H groups in total. The molecule has 3 nitrogen and oxygen atoms in total. The second-order valence-electron chi connectivity index (χ2n) is 3.25. The Bertz CT molecular complexity index is 168. The van der Waals surface area contributed by atoms with Crippen molar-refractivity contribution in [3.05, 3.63) is 11.8 Å². The first-order valence-electron chi connectivity index (χ1n) is 5.00. The SMILES string of the molecule is CCCOCCC(N)C1=CCCO1. The van der Waals surface area contributed by atoms with Gasteiger partial charge < -0.3 is 15.2 Å². The highest BCUT2D eigenvalue weighted by molar-refractivity contribution is 5.05. The minimum atomic E-state index is 0.0272. The summed E-state index contributed by atoms with van der Waals surface area (Å²) in [6.07, 6.45) is 4.99. The lowest BCUT2D eigenvalue weighted by Gasteiger charge is -2.12. The lowest BCUT2D eigenvalue weighted by molar-refractivity contribution is 0.123. The van der Waals surface area contributed by atoms with Crippen molar-refractivity contribution >= 4 is 0 Å². The molecule has 13 heavy (non-hydrogen) atoms. The third kappa shape index (κ3) is 3.79. The van der Waals surface area contributed by atoms with Gasteiger partial charge in [0.25, 0.3) is 0 Å². The zero-order valence-corrected chi connectivity index (χ0v) is 8.29. The van der Waals surface area contributed by atoms with Gasteiger partial charge in [-0.2, -0.15) is 0 Å². The predicted molar refractivity (Wildman–Crippen MR) is 52.4 cm³/mol. The van der Waals surface area contributed by atoms with Crippen LogP contribution in [-0.2, 0) is 9.47 Å². The van der Waals surface area contributed by atoms with E-state index in [1.165, 1.54) is 0 Å². The number of hydrogen-bond acceptors (Lipinski definition) is 3. The Morgan fingerprint density at radius 2 is 2.46 bits per heavy atom. The van der Waals surface area contributed by atoms with E-state index >= 15 is 0 Å². The predicted octanol–water partition coefficient (Wildman–Crippen LogP) is 1.43. The van der Waals surface area contributed by atoms with Crippen molar-refractivity contribution in [1.82, 2.24) is 0 Å². The molecule has 76 valence electrons. The molecular weight excluding hydrogens is 166 g/mol. The Kier molecular flexibility index (Phi) is 4.86. The summed E-state index contributed by atoms with van der Waals surface area (Å²) in [6.45, 7) is 4.45. The van der Waals surface area contributed by atoms with Crippen LogP contribution in [-0.4, -0.2) is 25.9 Å². The summed E-state index contributed by atoms with van der Waals surface area (Å²) in [5.41, 5.74) is 5.89. The Hall–Kier alpha value is -0.540. The van der Waals surface area contributed by atoms with E-state index in [1.54, 1.807) is 0 Å². The minimum Gasteiger partial charge on any atom is -0.496 e. The Balaban J connectivity index is 2.06. The molecule has 0 amide bonds. The maximum absolute atomic E-state index is 5.89. The molecule has 0 aliphatic carbocycles. The molecule has 0 aromatic rings. The van der Waals surface area contributed by atoms with E-state index in [4.69, 9.17) is 15.2 Å². The van der Waals surface area contributed by atoms with Crippen LogP contribution in [0.3, 0.4) is 0 Å². The molecule has 0 radical (unpaired) electrons. The first-order valence-corrected chi connectivity index (χ1v) is 5.00. The van der Waals surface area contributed by atoms with E-state index in [2.05, 4.69) is 13.0 Å². The third-order valence-electron chi connectivity index (χ3n) is 2.02. The zero-order valence-electron chi connectivity index (χ0n) is 8.29. The van der Waals surface area contributed by atoms with Gasteiger partial charge in [-0.3, -0.25) is 0 Å². The topological polar surface area (TPSA) is 44.5 Å². The van der Waals surface area contributed by atoms with E-state index in [0.717, 1.165) is 44.8 Å². The van der Waals surface area contributed by atoms with Gasteiger partial charge in [0.1, 0.15) is 5.76 Å². The third-order valence-corrected chi connectivity index (χ3v) is 2.02. The van der Waals surface area contributed by atoms with Crippen LogP contribution in [0.25, 0.3) is 0 Å². The van der Waals surface area contributed by atoms with Crippen LogP contribution < -0.4 is 5.73 Å². The van der Waals surface area contributed by atoms with Crippen LogP contribution >= 0.6 is 0 Å². The van der Waals surface area contributed by atoms with Gasteiger partial charge in [-0.25, -0.2) is 0 Å². The second-order valence-corrected chi connectivity index (χ2v) is 3.25. The van der Waals surface area contributed by atoms with Crippen LogP contribution in [0.5, 0.6) is 0 Å². The monoisotopic (exact) mass is 185 g/mol. The van der Waals surface area contributed by atoms with E-state index in [-0.39, 0.29) is 6.04 Å². The molecule has 3 heteroatoms. The van der Waals surface area contributed by atoms with Crippen molar-refractivity contribution in [2.45, 2.75) is 32.2 Å². The van der Waals surface area contributed by atoms with Gasteiger partial charge in [0.15, 0.2) is 0 Å². The average molecular weight is 185 g/mol. The fourth-order valence-corrected chi connectivity index (χ4v) is 1.29. The second kappa shape index (κ2) is 6.00. The molecule has 0 saturated carbocycles. The Morgan fingerprint density at radius 1 is 1.62 bits per heavy atom. The molecule has 0 spiro atoms. The first-order chi connectivity index (χ1) is 6.34. The van der Waals surface area contributed by atoms with E-state index < -0.39 is 0 Å². The molecule has 1 heterocycles. The van der Waals surface area contributed by atoms with E-state index in [0.29, 0.717) is 0 Å². The van der Waals surface area contributed by atoms with Crippen molar-refractivity contribution in [2.75, 3.05) is 19.8 Å². The molecular formula is C10H19NO2. The van der Waals surface area contributed by atoms with E-state index in [1.807, 2.05) is 0 Å². The van der Waals surface area contributed by atoms with Gasteiger partial charge >= 0.3 is 0 Å². The van der Waals surface area contributed by atoms with Crippen molar-refractivity contribution in [2.24, 2.45) is 5.73 Å². The highest BCUT2D eigenvalue weighted by atomic mass is 16.5. The Morgan fingerprint density at radius 3 is 3.08 bits per heavy atom. The normalized spacial score (nSPS) is 18.2. The summed E-state index contributed by atoms with van der Waals surface area (Å²) in [5.74, 6) is 0.945. The maximum Gasteiger partial charge on any atom is 0.109 e. The van der Waals surface area contributed by atoms with Crippen molar-refractivity contribution in [3.63, 3.8) is 0 Å². The van der Waals surface area contributed by atoms with Crippen molar-refractivity contribution in [1.29, 1.82) is 0 Å². The lowest BCUT2D eigenvalue weighted by Crippen LogP contribution is -2.24. The van der Waals surface area contributed by atoms with Gasteiger partial charge in [0.2, 0.25) is 0 Å². The smallest absolute Gasteiger partial charge is 0.109 e. The van der Waals surface area contributed by atoms with Crippen LogP contribution in [0.15, 0.2) is 11.8 Å². The molecule has 0 aromatic heterocycles. The van der Waals surface area contributed by atoms with Gasteiger partial charge in [0, 0.05) is 19.6 Å². The molecule has 0 aromatic carbocycles. The molecule has 1 aliphatic rings. The standard InChI is InChI=1S/C10H19NO2/c1-2-6-12-8-5-9(11)10-4-3-7-13-10/h4,9H,2-3,5-8,11H2,1H3. The molecule has 0 fully saturated rings. The van der Waals surface area contributed by atoms with Gasteiger partial charge in [-0.1, -0.05) is 6.92 Å². The highest BCUT2D eigenvalue weighted by Crippen LogP contribution is 2.13. The zero-order chi connectivity index (χ0) is 9.52. The summed E-state index contributed by atoms with van der Waals surface area (Å²) in [6, 6.07) is 0.0272. The van der Waals surface area contributed by atoms with Gasteiger partial charge in [-0.05, 0) is 18.9 Å². The summed E-state index contributed by atoms with van der Waals surface area (Å²) < 4.78 is 10.7. The van der Waals surface area contributed by atoms with Crippen LogP contribution in [0.1, 0.15) is 26.2 Å². The first kappa shape index (κ1) is 10.5. The fraction of sp³-hybridized carbons (Fsp3) is 0.800. The van der Waals surface area contributed by atoms with Crippen molar-refractivity contribution in [3.8, 4) is 0 Å². The minimum absolute atomic E-state index is 0.0272. The molecule has 1 unspecified atom stereocenters. The van der Waals surface area contributed by atoms with Gasteiger partial charge in [0.05, 0.1) is 12.6 Å². The lowest BCUT2D eigenvalue weighted by atomic mass is 10.2. The highest BCUT2D eigenvalue weighted by Gasteiger charge is 2.13.